The molecule has 0 saturated carbocycles. The largest absolute Gasteiger partial charge is 0.493 e. The Labute approximate surface area is 208 Å². The molecule has 1 aliphatic heterocycles. The van der Waals surface area contributed by atoms with E-state index in [1.54, 1.807) is 43.5 Å². The normalized spacial score (nSPS) is 15.2. The van der Waals surface area contributed by atoms with Gasteiger partial charge in [-0.25, -0.2) is 14.1 Å². The van der Waals surface area contributed by atoms with Crippen LogP contribution in [0.5, 0.6) is 11.5 Å². The van der Waals surface area contributed by atoms with Crippen LogP contribution in [-0.4, -0.2) is 49.6 Å². The van der Waals surface area contributed by atoms with E-state index in [1.807, 2.05) is 12.1 Å². The molecule has 3 aromatic carbocycles. The van der Waals surface area contributed by atoms with Gasteiger partial charge in [-0.2, -0.15) is 0 Å². The Hall–Kier alpha value is -4.40. The number of benzene rings is 3. The number of hydrogen-bond donors (Lipinski definition) is 1. The lowest BCUT2D eigenvalue weighted by molar-refractivity contribution is -0.124. The molecule has 9 heteroatoms. The lowest BCUT2D eigenvalue weighted by Gasteiger charge is -2.22. The third-order valence-corrected chi connectivity index (χ3v) is 5.93. The molecule has 1 heterocycles. The molecule has 186 valence electrons. The summed E-state index contributed by atoms with van der Waals surface area (Å²) in [7, 11) is 3.08. The minimum Gasteiger partial charge on any atom is -0.493 e. The van der Waals surface area contributed by atoms with E-state index in [2.05, 4.69) is 5.32 Å². The van der Waals surface area contributed by atoms with Crippen LogP contribution in [-0.2, 0) is 16.0 Å². The van der Waals surface area contributed by atoms with Crippen molar-refractivity contribution in [3.63, 3.8) is 0 Å². The molecule has 1 atom stereocenters. The van der Waals surface area contributed by atoms with Crippen molar-refractivity contribution < 1.29 is 28.2 Å². The molecule has 36 heavy (non-hydrogen) atoms. The van der Waals surface area contributed by atoms with E-state index in [0.29, 0.717) is 23.6 Å². The second-order valence-electron chi connectivity index (χ2n) is 8.20. The first-order valence-corrected chi connectivity index (χ1v) is 11.4. The summed E-state index contributed by atoms with van der Waals surface area (Å²) in [5, 5.41) is 2.76. The van der Waals surface area contributed by atoms with Crippen LogP contribution in [0.3, 0.4) is 0 Å². The number of halogens is 1. The maximum absolute atomic E-state index is 13.5. The topological polar surface area (TPSA) is 88.2 Å². The van der Waals surface area contributed by atoms with Crippen LogP contribution in [0.15, 0.2) is 72.8 Å². The Kier molecular flexibility index (Phi) is 7.48. The molecule has 0 bridgehead atoms. The summed E-state index contributed by atoms with van der Waals surface area (Å²) < 4.78 is 24.1. The summed E-state index contributed by atoms with van der Waals surface area (Å²) >= 11 is 0. The Bertz CT molecular complexity index is 1250. The van der Waals surface area contributed by atoms with Crippen molar-refractivity contribution in [2.75, 3.05) is 31.0 Å². The zero-order valence-electron chi connectivity index (χ0n) is 19.9. The molecule has 1 fully saturated rings. The number of imide groups is 1. The van der Waals surface area contributed by atoms with Gasteiger partial charge in [0.15, 0.2) is 11.5 Å². The molecule has 0 aliphatic carbocycles. The van der Waals surface area contributed by atoms with Crippen LogP contribution in [0, 0.1) is 5.82 Å². The van der Waals surface area contributed by atoms with Crippen LogP contribution in [0.4, 0.5) is 20.6 Å². The van der Waals surface area contributed by atoms with Gasteiger partial charge >= 0.3 is 6.03 Å². The predicted molar refractivity (Wildman–Crippen MR) is 133 cm³/mol. The molecule has 0 spiro atoms. The number of anilines is 2. The fraction of sp³-hybridized carbons (Fsp3) is 0.222. The van der Waals surface area contributed by atoms with Crippen LogP contribution >= 0.6 is 0 Å². The summed E-state index contributed by atoms with van der Waals surface area (Å²) in [5.74, 6) is -0.300. The number of urea groups is 1. The highest BCUT2D eigenvalue weighted by molar-refractivity contribution is 6.22. The van der Waals surface area contributed by atoms with E-state index in [1.165, 1.54) is 36.3 Å². The second-order valence-corrected chi connectivity index (χ2v) is 8.20. The minimum atomic E-state index is -1.01. The van der Waals surface area contributed by atoms with E-state index in [0.717, 1.165) is 10.5 Å². The number of hydrogen-bond acceptors (Lipinski definition) is 5. The number of amides is 4. The molecule has 1 aliphatic rings. The van der Waals surface area contributed by atoms with Gasteiger partial charge < -0.3 is 19.7 Å². The Morgan fingerprint density at radius 1 is 0.944 bits per heavy atom. The standard InChI is InChI=1S/C27H26FN3O5/c1-35-23-13-8-18(16-24(23)36-2)14-15-30-22(17-25(32)29-20-6-4-3-5-7-20)26(33)31(27(30)34)21-11-9-19(28)10-12-21/h3-13,16,22H,14-15,17H2,1-2H3,(H,29,32)/t22-/m1/s1. The van der Waals surface area contributed by atoms with Gasteiger partial charge in [-0.1, -0.05) is 24.3 Å². The number of methoxy groups -OCH3 is 2. The van der Waals surface area contributed by atoms with Crippen LogP contribution in [0.1, 0.15) is 12.0 Å². The average molecular weight is 492 g/mol. The Morgan fingerprint density at radius 2 is 1.64 bits per heavy atom. The van der Waals surface area contributed by atoms with Crippen molar-refractivity contribution in [3.8, 4) is 11.5 Å². The molecular weight excluding hydrogens is 465 g/mol. The van der Waals surface area contributed by atoms with E-state index in [-0.39, 0.29) is 18.7 Å². The summed E-state index contributed by atoms with van der Waals surface area (Å²) in [6.07, 6.45) is 0.191. The van der Waals surface area contributed by atoms with Crippen molar-refractivity contribution in [2.45, 2.75) is 18.9 Å². The summed E-state index contributed by atoms with van der Waals surface area (Å²) in [4.78, 5) is 41.9. The molecule has 1 saturated heterocycles. The Balaban J connectivity index is 1.56. The molecule has 0 aromatic heterocycles. The smallest absolute Gasteiger partial charge is 0.332 e. The molecular formula is C27H26FN3O5. The van der Waals surface area contributed by atoms with Gasteiger partial charge in [-0.15, -0.1) is 0 Å². The van der Waals surface area contributed by atoms with E-state index < -0.39 is 29.7 Å². The molecule has 0 radical (unpaired) electrons. The van der Waals surface area contributed by atoms with Crippen molar-refractivity contribution in [1.29, 1.82) is 0 Å². The lowest BCUT2D eigenvalue weighted by atomic mass is 10.1. The maximum atomic E-state index is 13.5. The monoisotopic (exact) mass is 491 g/mol. The highest BCUT2D eigenvalue weighted by Gasteiger charge is 2.46. The quantitative estimate of drug-likeness (QED) is 0.452. The second kappa shape index (κ2) is 10.9. The van der Waals surface area contributed by atoms with E-state index >= 15 is 0 Å². The van der Waals surface area contributed by atoms with Gasteiger partial charge in [0.2, 0.25) is 5.91 Å². The number of carbonyl (C=O) groups is 3. The average Bonchev–Trinajstić information content (AvgIpc) is 3.12. The molecule has 3 aromatic rings. The van der Waals surface area contributed by atoms with Crippen molar-refractivity contribution in [3.05, 3.63) is 84.2 Å². The molecule has 1 N–H and O–H groups in total. The molecule has 4 amide bonds. The van der Waals surface area contributed by atoms with Crippen LogP contribution in [0.25, 0.3) is 0 Å². The third kappa shape index (κ3) is 5.30. The van der Waals surface area contributed by atoms with E-state index in [4.69, 9.17) is 9.47 Å². The number of para-hydroxylation sites is 1. The Morgan fingerprint density at radius 3 is 2.31 bits per heavy atom. The zero-order chi connectivity index (χ0) is 25.7. The van der Waals surface area contributed by atoms with Gasteiger partial charge in [0, 0.05) is 12.2 Å². The predicted octanol–water partition coefficient (Wildman–Crippen LogP) is 4.25. The first kappa shape index (κ1) is 24.7. The van der Waals surface area contributed by atoms with Gasteiger partial charge in [0.25, 0.3) is 5.91 Å². The number of nitrogens with one attached hydrogen (secondary N) is 1. The number of rotatable bonds is 9. The van der Waals surface area contributed by atoms with E-state index in [9.17, 15) is 18.8 Å². The maximum Gasteiger partial charge on any atom is 0.332 e. The highest BCUT2D eigenvalue weighted by atomic mass is 19.1. The third-order valence-electron chi connectivity index (χ3n) is 5.93. The van der Waals surface area contributed by atoms with Crippen molar-refractivity contribution in [1.82, 2.24) is 4.90 Å². The SMILES string of the molecule is COc1ccc(CCN2C(=O)N(c3ccc(F)cc3)C(=O)[C@H]2CC(=O)Nc2ccccc2)cc1OC. The van der Waals surface area contributed by atoms with Gasteiger partial charge in [-0.05, 0) is 60.5 Å². The summed E-state index contributed by atoms with van der Waals surface area (Å²) in [6, 6.07) is 17.8. The minimum absolute atomic E-state index is 0.182. The molecule has 8 nitrogen and oxygen atoms in total. The summed E-state index contributed by atoms with van der Waals surface area (Å²) in [6.45, 7) is 0.182. The van der Waals surface area contributed by atoms with Gasteiger partial charge in [-0.3, -0.25) is 9.59 Å². The molecule has 0 unspecified atom stereocenters. The lowest BCUT2D eigenvalue weighted by Crippen LogP contribution is -2.39. The zero-order valence-corrected chi connectivity index (χ0v) is 19.9. The summed E-state index contributed by atoms with van der Waals surface area (Å²) in [5.41, 5.74) is 1.70. The van der Waals surface area contributed by atoms with Gasteiger partial charge in [0.1, 0.15) is 11.9 Å². The molecule has 4 rings (SSSR count). The van der Waals surface area contributed by atoms with Crippen molar-refractivity contribution >= 4 is 29.2 Å². The van der Waals surface area contributed by atoms with Crippen LogP contribution < -0.4 is 19.7 Å². The number of nitrogens with zero attached hydrogens (tertiary/aromatic N) is 2. The van der Waals surface area contributed by atoms with Crippen LogP contribution in [0.2, 0.25) is 0 Å². The first-order valence-electron chi connectivity index (χ1n) is 11.4. The van der Waals surface area contributed by atoms with Crippen molar-refractivity contribution in [2.24, 2.45) is 0 Å². The van der Waals surface area contributed by atoms with Gasteiger partial charge in [0.05, 0.1) is 26.3 Å². The number of carbonyl (C=O) groups excluding carboxylic acids is 3. The fourth-order valence-electron chi connectivity index (χ4n) is 4.11. The first-order chi connectivity index (χ1) is 17.4. The highest BCUT2D eigenvalue weighted by Crippen LogP contribution is 2.30. The fourth-order valence-corrected chi connectivity index (χ4v) is 4.11. The number of ether oxygens (including phenoxy) is 2.